The minimum absolute atomic E-state index is 0.714. The van der Waals surface area contributed by atoms with E-state index in [1.165, 1.54) is 19.3 Å². The minimum atomic E-state index is 0.714. The van der Waals surface area contributed by atoms with E-state index in [4.69, 9.17) is 0 Å². The fourth-order valence-corrected chi connectivity index (χ4v) is 1.77. The SMILES string of the molecule is CCCC(C)N(C)C(C)C(C)CC. The Morgan fingerprint density at radius 2 is 1.62 bits per heavy atom. The molecule has 0 aromatic rings. The van der Waals surface area contributed by atoms with Crippen LogP contribution in [0, 0.1) is 5.92 Å². The van der Waals surface area contributed by atoms with E-state index in [2.05, 4.69) is 46.6 Å². The third-order valence-corrected chi connectivity index (χ3v) is 3.51. The molecule has 3 atom stereocenters. The first-order valence-corrected chi connectivity index (χ1v) is 5.76. The topological polar surface area (TPSA) is 3.24 Å². The zero-order chi connectivity index (χ0) is 10.4. The van der Waals surface area contributed by atoms with Crippen molar-refractivity contribution in [1.29, 1.82) is 0 Å². The van der Waals surface area contributed by atoms with Gasteiger partial charge in [0.05, 0.1) is 0 Å². The van der Waals surface area contributed by atoms with Crippen molar-refractivity contribution in [2.75, 3.05) is 7.05 Å². The quantitative estimate of drug-likeness (QED) is 0.612. The molecular formula is C12H27N. The van der Waals surface area contributed by atoms with Gasteiger partial charge in [-0.1, -0.05) is 33.6 Å². The standard InChI is InChI=1S/C12H27N/c1-7-9-11(4)13(6)12(5)10(3)8-2/h10-12H,7-9H2,1-6H3. The summed E-state index contributed by atoms with van der Waals surface area (Å²) in [5, 5.41) is 0. The molecule has 3 unspecified atom stereocenters. The van der Waals surface area contributed by atoms with E-state index in [1.807, 2.05) is 0 Å². The first-order chi connectivity index (χ1) is 6.04. The average Bonchev–Trinajstić information content (AvgIpc) is 2.14. The van der Waals surface area contributed by atoms with Crippen LogP contribution in [0.2, 0.25) is 0 Å². The van der Waals surface area contributed by atoms with Crippen LogP contribution in [0.5, 0.6) is 0 Å². The van der Waals surface area contributed by atoms with E-state index in [0.29, 0.717) is 6.04 Å². The van der Waals surface area contributed by atoms with Gasteiger partial charge in [-0.25, -0.2) is 0 Å². The molecule has 0 N–H and O–H groups in total. The Hall–Kier alpha value is -0.0400. The molecule has 0 spiro atoms. The van der Waals surface area contributed by atoms with Crippen LogP contribution in [0.25, 0.3) is 0 Å². The smallest absolute Gasteiger partial charge is 0.00922 e. The summed E-state index contributed by atoms with van der Waals surface area (Å²) < 4.78 is 0. The molecule has 13 heavy (non-hydrogen) atoms. The van der Waals surface area contributed by atoms with E-state index < -0.39 is 0 Å². The maximum absolute atomic E-state index is 2.53. The van der Waals surface area contributed by atoms with Crippen molar-refractivity contribution in [1.82, 2.24) is 4.90 Å². The fourth-order valence-electron chi connectivity index (χ4n) is 1.77. The third kappa shape index (κ3) is 4.12. The summed E-state index contributed by atoms with van der Waals surface area (Å²) in [6.07, 6.45) is 3.89. The molecule has 0 fully saturated rings. The average molecular weight is 185 g/mol. The van der Waals surface area contributed by atoms with Crippen molar-refractivity contribution in [3.8, 4) is 0 Å². The van der Waals surface area contributed by atoms with Crippen molar-refractivity contribution in [3.63, 3.8) is 0 Å². The number of hydrogen-bond donors (Lipinski definition) is 0. The molecule has 0 aromatic heterocycles. The number of rotatable bonds is 6. The van der Waals surface area contributed by atoms with Crippen LogP contribution < -0.4 is 0 Å². The van der Waals surface area contributed by atoms with Gasteiger partial charge in [0.25, 0.3) is 0 Å². The monoisotopic (exact) mass is 185 g/mol. The Morgan fingerprint density at radius 1 is 1.08 bits per heavy atom. The van der Waals surface area contributed by atoms with Crippen LogP contribution in [0.15, 0.2) is 0 Å². The van der Waals surface area contributed by atoms with Crippen LogP contribution in [0.4, 0.5) is 0 Å². The maximum Gasteiger partial charge on any atom is 0.00922 e. The zero-order valence-corrected chi connectivity index (χ0v) is 10.3. The molecule has 0 aliphatic heterocycles. The molecular weight excluding hydrogens is 158 g/mol. The lowest BCUT2D eigenvalue weighted by molar-refractivity contribution is 0.142. The second-order valence-corrected chi connectivity index (χ2v) is 4.43. The van der Waals surface area contributed by atoms with Gasteiger partial charge in [0, 0.05) is 12.1 Å². The Labute approximate surface area is 84.5 Å². The first-order valence-electron chi connectivity index (χ1n) is 5.76. The van der Waals surface area contributed by atoms with E-state index in [-0.39, 0.29) is 0 Å². The van der Waals surface area contributed by atoms with Gasteiger partial charge >= 0.3 is 0 Å². The Kier molecular flexibility index (Phi) is 6.40. The van der Waals surface area contributed by atoms with Crippen LogP contribution in [-0.4, -0.2) is 24.0 Å². The van der Waals surface area contributed by atoms with Gasteiger partial charge in [0.2, 0.25) is 0 Å². The summed E-state index contributed by atoms with van der Waals surface area (Å²) in [4.78, 5) is 2.53. The maximum atomic E-state index is 2.53. The van der Waals surface area contributed by atoms with Crippen LogP contribution in [0.3, 0.4) is 0 Å². The van der Waals surface area contributed by atoms with E-state index in [1.54, 1.807) is 0 Å². The van der Waals surface area contributed by atoms with Crippen molar-refractivity contribution < 1.29 is 0 Å². The van der Waals surface area contributed by atoms with Crippen molar-refractivity contribution in [2.45, 2.75) is 66.0 Å². The molecule has 0 aliphatic carbocycles. The van der Waals surface area contributed by atoms with E-state index in [0.717, 1.165) is 12.0 Å². The summed E-state index contributed by atoms with van der Waals surface area (Å²) >= 11 is 0. The predicted octanol–water partition coefficient (Wildman–Crippen LogP) is 3.54. The molecule has 0 bridgehead atoms. The Balaban J connectivity index is 3.99. The highest BCUT2D eigenvalue weighted by molar-refractivity contribution is 4.73. The lowest BCUT2D eigenvalue weighted by atomic mass is 9.98. The van der Waals surface area contributed by atoms with Gasteiger partial charge in [0.1, 0.15) is 0 Å². The molecule has 1 nitrogen and oxygen atoms in total. The van der Waals surface area contributed by atoms with Crippen molar-refractivity contribution >= 4 is 0 Å². The summed E-state index contributed by atoms with van der Waals surface area (Å²) in [6, 6.07) is 1.44. The van der Waals surface area contributed by atoms with Gasteiger partial charge in [-0.05, 0) is 33.2 Å². The highest BCUT2D eigenvalue weighted by atomic mass is 15.2. The van der Waals surface area contributed by atoms with Crippen molar-refractivity contribution in [3.05, 3.63) is 0 Å². The van der Waals surface area contributed by atoms with Crippen LogP contribution in [-0.2, 0) is 0 Å². The molecule has 0 aromatic carbocycles. The lowest BCUT2D eigenvalue weighted by Gasteiger charge is -2.34. The molecule has 0 saturated heterocycles. The minimum Gasteiger partial charge on any atom is -0.301 e. The molecule has 0 aliphatic rings. The lowest BCUT2D eigenvalue weighted by Crippen LogP contribution is -2.40. The van der Waals surface area contributed by atoms with Gasteiger partial charge < -0.3 is 4.90 Å². The highest BCUT2D eigenvalue weighted by Gasteiger charge is 2.18. The second kappa shape index (κ2) is 6.42. The number of hydrogen-bond acceptors (Lipinski definition) is 1. The second-order valence-electron chi connectivity index (χ2n) is 4.43. The molecule has 1 heteroatoms. The van der Waals surface area contributed by atoms with Crippen molar-refractivity contribution in [2.24, 2.45) is 5.92 Å². The number of nitrogens with zero attached hydrogens (tertiary/aromatic N) is 1. The van der Waals surface area contributed by atoms with Crippen LogP contribution >= 0.6 is 0 Å². The Morgan fingerprint density at radius 3 is 2.00 bits per heavy atom. The highest BCUT2D eigenvalue weighted by Crippen LogP contribution is 2.16. The summed E-state index contributed by atoms with van der Waals surface area (Å²) in [7, 11) is 2.26. The normalized spacial score (nSPS) is 18.7. The van der Waals surface area contributed by atoms with Gasteiger partial charge in [-0.3, -0.25) is 0 Å². The Bertz CT molecular complexity index is 122. The van der Waals surface area contributed by atoms with Gasteiger partial charge in [-0.15, -0.1) is 0 Å². The zero-order valence-electron chi connectivity index (χ0n) is 10.3. The molecule has 0 rings (SSSR count). The fraction of sp³-hybridized carbons (Fsp3) is 1.00. The van der Waals surface area contributed by atoms with Gasteiger partial charge in [-0.2, -0.15) is 0 Å². The molecule has 0 radical (unpaired) electrons. The predicted molar refractivity (Wildman–Crippen MR) is 61.1 cm³/mol. The van der Waals surface area contributed by atoms with Gasteiger partial charge in [0.15, 0.2) is 0 Å². The molecule has 0 saturated carbocycles. The first kappa shape index (κ1) is 13.0. The van der Waals surface area contributed by atoms with E-state index >= 15 is 0 Å². The molecule has 80 valence electrons. The molecule has 0 heterocycles. The molecule has 0 amide bonds. The van der Waals surface area contributed by atoms with E-state index in [9.17, 15) is 0 Å². The summed E-state index contributed by atoms with van der Waals surface area (Å²) in [5.74, 6) is 0.810. The summed E-state index contributed by atoms with van der Waals surface area (Å²) in [6.45, 7) is 11.6. The van der Waals surface area contributed by atoms with Crippen LogP contribution in [0.1, 0.15) is 53.9 Å². The summed E-state index contributed by atoms with van der Waals surface area (Å²) in [5.41, 5.74) is 0. The largest absolute Gasteiger partial charge is 0.301 e. The third-order valence-electron chi connectivity index (χ3n) is 3.51.